The van der Waals surface area contributed by atoms with Crippen molar-refractivity contribution in [3.8, 4) is 0 Å². The largest absolute Gasteiger partial charge is 0.462 e. The monoisotopic (exact) mass is 319 g/mol. The van der Waals surface area contributed by atoms with Gasteiger partial charge in [-0.05, 0) is 24.6 Å². The molecule has 116 valence electrons. The van der Waals surface area contributed by atoms with Crippen molar-refractivity contribution in [3.05, 3.63) is 34.9 Å². The summed E-state index contributed by atoms with van der Waals surface area (Å²) in [5.41, 5.74) is 0.429. The number of hydrogen-bond donors (Lipinski definition) is 1. The van der Waals surface area contributed by atoms with Gasteiger partial charge < -0.3 is 10.1 Å². The average Bonchev–Trinajstić information content (AvgIpc) is 2.38. The van der Waals surface area contributed by atoms with Gasteiger partial charge in [-0.1, -0.05) is 23.7 Å². The number of carbonyl (C=O) groups is 2. The maximum absolute atomic E-state index is 13.8. The minimum atomic E-state index is -3.69. The lowest BCUT2D eigenvalue weighted by Crippen LogP contribution is -2.37. The second-order valence-electron chi connectivity index (χ2n) is 4.43. The van der Waals surface area contributed by atoms with Gasteiger partial charge in [-0.2, -0.15) is 8.78 Å². The van der Waals surface area contributed by atoms with E-state index in [0.717, 1.165) is 0 Å². The van der Waals surface area contributed by atoms with Crippen LogP contribution in [0.3, 0.4) is 0 Å². The third kappa shape index (κ3) is 5.30. The molecule has 1 aromatic rings. The summed E-state index contributed by atoms with van der Waals surface area (Å²) in [5.74, 6) is -5.77. The second-order valence-corrected chi connectivity index (χ2v) is 4.87. The standard InChI is InChI=1S/C14H16ClF2NO3/c1-3-21-13(20)14(16,17)8-12(18-9(2)19)10-4-6-11(15)7-5-10/h4-7,12H,3,8H2,1-2H3,(H,18,19). The molecule has 1 N–H and O–H groups in total. The van der Waals surface area contributed by atoms with Crippen LogP contribution in [-0.4, -0.2) is 24.4 Å². The van der Waals surface area contributed by atoms with Gasteiger partial charge in [0.05, 0.1) is 12.6 Å². The summed E-state index contributed by atoms with van der Waals surface area (Å²) in [6, 6.07) is 5.07. The fourth-order valence-electron chi connectivity index (χ4n) is 1.77. The van der Waals surface area contributed by atoms with Gasteiger partial charge in [0, 0.05) is 18.4 Å². The third-order valence-electron chi connectivity index (χ3n) is 2.68. The average molecular weight is 320 g/mol. The van der Waals surface area contributed by atoms with Crippen LogP contribution >= 0.6 is 11.6 Å². The van der Waals surface area contributed by atoms with Crippen molar-refractivity contribution in [1.29, 1.82) is 0 Å². The van der Waals surface area contributed by atoms with E-state index in [9.17, 15) is 18.4 Å². The Morgan fingerprint density at radius 2 is 1.90 bits per heavy atom. The molecular formula is C14H16ClF2NO3. The van der Waals surface area contributed by atoms with Crippen molar-refractivity contribution in [2.75, 3.05) is 6.61 Å². The predicted octanol–water partition coefficient (Wildman–Crippen LogP) is 3.11. The Kier molecular flexibility index (Phi) is 6.08. The lowest BCUT2D eigenvalue weighted by molar-refractivity contribution is -0.173. The highest BCUT2D eigenvalue weighted by Gasteiger charge is 2.43. The van der Waals surface area contributed by atoms with E-state index in [2.05, 4.69) is 10.1 Å². The molecule has 4 nitrogen and oxygen atoms in total. The van der Waals surface area contributed by atoms with Gasteiger partial charge in [0.1, 0.15) is 0 Å². The van der Waals surface area contributed by atoms with Crippen LogP contribution in [0, 0.1) is 0 Å². The van der Waals surface area contributed by atoms with Gasteiger partial charge in [-0.15, -0.1) is 0 Å². The van der Waals surface area contributed by atoms with Crippen LogP contribution < -0.4 is 5.32 Å². The number of alkyl halides is 2. The number of hydrogen-bond acceptors (Lipinski definition) is 3. The molecule has 0 spiro atoms. The molecule has 1 unspecified atom stereocenters. The highest BCUT2D eigenvalue weighted by molar-refractivity contribution is 6.30. The molecule has 0 aliphatic rings. The van der Waals surface area contributed by atoms with E-state index in [1.807, 2.05) is 0 Å². The molecule has 1 atom stereocenters. The fourth-order valence-corrected chi connectivity index (χ4v) is 1.90. The van der Waals surface area contributed by atoms with Crippen molar-refractivity contribution >= 4 is 23.5 Å². The molecule has 0 saturated heterocycles. The molecule has 21 heavy (non-hydrogen) atoms. The Morgan fingerprint density at radius 3 is 2.38 bits per heavy atom. The molecule has 7 heteroatoms. The normalized spacial score (nSPS) is 12.6. The van der Waals surface area contributed by atoms with Crippen LogP contribution in [0.1, 0.15) is 31.9 Å². The molecule has 0 saturated carbocycles. The summed E-state index contributed by atoms with van der Waals surface area (Å²) in [7, 11) is 0. The summed E-state index contributed by atoms with van der Waals surface area (Å²) in [6.45, 7) is 2.52. The second kappa shape index (κ2) is 7.36. The van der Waals surface area contributed by atoms with Crippen LogP contribution in [0.2, 0.25) is 5.02 Å². The molecule has 1 amide bonds. The summed E-state index contributed by atoms with van der Waals surface area (Å²) < 4.78 is 32.0. The summed E-state index contributed by atoms with van der Waals surface area (Å²) in [6.07, 6.45) is -0.882. The molecule has 1 rings (SSSR count). The van der Waals surface area contributed by atoms with E-state index in [-0.39, 0.29) is 6.61 Å². The fraction of sp³-hybridized carbons (Fsp3) is 0.429. The van der Waals surface area contributed by atoms with E-state index in [4.69, 9.17) is 11.6 Å². The van der Waals surface area contributed by atoms with Gasteiger partial charge in [0.2, 0.25) is 5.91 Å². The predicted molar refractivity (Wildman–Crippen MR) is 74.2 cm³/mol. The van der Waals surface area contributed by atoms with Crippen LogP contribution in [-0.2, 0) is 14.3 Å². The summed E-state index contributed by atoms with van der Waals surface area (Å²) >= 11 is 5.74. The Balaban J connectivity index is 2.95. The number of ether oxygens (including phenoxy) is 1. The van der Waals surface area contributed by atoms with Crippen molar-refractivity contribution in [1.82, 2.24) is 5.32 Å². The van der Waals surface area contributed by atoms with Crippen LogP contribution in [0.5, 0.6) is 0 Å². The van der Waals surface area contributed by atoms with Gasteiger partial charge in [-0.3, -0.25) is 4.79 Å². The van der Waals surface area contributed by atoms with Crippen LogP contribution in [0.15, 0.2) is 24.3 Å². The third-order valence-corrected chi connectivity index (χ3v) is 2.94. The number of amides is 1. The SMILES string of the molecule is CCOC(=O)C(F)(F)CC(NC(C)=O)c1ccc(Cl)cc1. The molecule has 0 radical (unpaired) electrons. The van der Waals surface area contributed by atoms with Gasteiger partial charge in [-0.25, -0.2) is 4.79 Å². The Morgan fingerprint density at radius 1 is 1.33 bits per heavy atom. The van der Waals surface area contributed by atoms with Crippen molar-refractivity contribution in [2.24, 2.45) is 0 Å². The first kappa shape index (κ1) is 17.4. The first-order valence-electron chi connectivity index (χ1n) is 6.34. The topological polar surface area (TPSA) is 55.4 Å². The van der Waals surface area contributed by atoms with E-state index in [1.165, 1.54) is 38.1 Å². The zero-order valence-corrected chi connectivity index (χ0v) is 12.4. The maximum atomic E-state index is 13.8. The maximum Gasteiger partial charge on any atom is 0.377 e. The van der Waals surface area contributed by atoms with Gasteiger partial charge in [0.25, 0.3) is 0 Å². The number of halogens is 3. The number of benzene rings is 1. The summed E-state index contributed by atoms with van der Waals surface area (Å²) in [4.78, 5) is 22.4. The van der Waals surface area contributed by atoms with Crippen molar-refractivity contribution in [3.63, 3.8) is 0 Å². The highest BCUT2D eigenvalue weighted by atomic mass is 35.5. The molecule has 1 aromatic carbocycles. The number of nitrogens with one attached hydrogen (secondary N) is 1. The zero-order chi connectivity index (χ0) is 16.0. The Bertz CT molecular complexity index is 505. The smallest absolute Gasteiger partial charge is 0.377 e. The molecule has 0 heterocycles. The van der Waals surface area contributed by atoms with Crippen molar-refractivity contribution < 1.29 is 23.1 Å². The van der Waals surface area contributed by atoms with Gasteiger partial charge in [0.15, 0.2) is 0 Å². The minimum absolute atomic E-state index is 0.139. The molecule has 0 fully saturated rings. The summed E-state index contributed by atoms with van der Waals surface area (Å²) in [5, 5.41) is 2.84. The Hall–Kier alpha value is -1.69. The molecule has 0 aliphatic heterocycles. The molecule has 0 aromatic heterocycles. The van der Waals surface area contributed by atoms with E-state index >= 15 is 0 Å². The molecular weight excluding hydrogens is 304 g/mol. The van der Waals surface area contributed by atoms with Crippen molar-refractivity contribution in [2.45, 2.75) is 32.2 Å². The quantitative estimate of drug-likeness (QED) is 0.820. The van der Waals surface area contributed by atoms with Crippen LogP contribution in [0.25, 0.3) is 0 Å². The van der Waals surface area contributed by atoms with Gasteiger partial charge >= 0.3 is 11.9 Å². The number of rotatable bonds is 6. The Labute approximate surface area is 126 Å². The number of esters is 1. The highest BCUT2D eigenvalue weighted by Crippen LogP contribution is 2.30. The zero-order valence-electron chi connectivity index (χ0n) is 11.7. The minimum Gasteiger partial charge on any atom is -0.462 e. The van der Waals surface area contributed by atoms with E-state index in [0.29, 0.717) is 10.6 Å². The first-order chi connectivity index (χ1) is 9.76. The van der Waals surface area contributed by atoms with Crippen LogP contribution in [0.4, 0.5) is 8.78 Å². The number of carbonyl (C=O) groups excluding carboxylic acids is 2. The lowest BCUT2D eigenvalue weighted by atomic mass is 10.00. The molecule has 0 bridgehead atoms. The van der Waals surface area contributed by atoms with E-state index < -0.39 is 30.3 Å². The lowest BCUT2D eigenvalue weighted by Gasteiger charge is -2.23. The van der Waals surface area contributed by atoms with E-state index in [1.54, 1.807) is 0 Å². The first-order valence-corrected chi connectivity index (χ1v) is 6.71. The molecule has 0 aliphatic carbocycles.